The number of nitrogens with one attached hydrogen (secondary N) is 1. The molecular formula is C13H20ClNO2. The van der Waals surface area contributed by atoms with Gasteiger partial charge in [0.25, 0.3) is 0 Å². The Morgan fingerprint density at radius 2 is 2.18 bits per heavy atom. The van der Waals surface area contributed by atoms with E-state index in [0.29, 0.717) is 16.8 Å². The minimum Gasteiger partial charge on any atom is -0.495 e. The van der Waals surface area contributed by atoms with Crippen molar-refractivity contribution in [3.05, 3.63) is 28.8 Å². The molecule has 0 saturated carbocycles. The third-order valence-corrected chi connectivity index (χ3v) is 2.74. The molecular weight excluding hydrogens is 238 g/mol. The lowest BCUT2D eigenvalue weighted by atomic mass is 10.2. The Labute approximate surface area is 108 Å². The van der Waals surface area contributed by atoms with Crippen molar-refractivity contribution in [3.63, 3.8) is 0 Å². The molecule has 1 aromatic rings. The fraction of sp³-hybridized carbons (Fsp3) is 0.538. The number of methoxy groups -OCH3 is 1. The van der Waals surface area contributed by atoms with Gasteiger partial charge in [-0.15, -0.1) is 0 Å². The third kappa shape index (κ3) is 4.94. The predicted molar refractivity (Wildman–Crippen MR) is 70.8 cm³/mol. The molecule has 0 heterocycles. The molecule has 0 bridgehead atoms. The Hall–Kier alpha value is -0.770. The van der Waals surface area contributed by atoms with Crippen LogP contribution in [-0.2, 0) is 11.3 Å². The maximum absolute atomic E-state index is 6.05. The van der Waals surface area contributed by atoms with Crippen LogP contribution in [0.2, 0.25) is 5.02 Å². The lowest BCUT2D eigenvalue weighted by molar-refractivity contribution is 0.127. The standard InChI is InChI=1S/C13H20ClNO2/c1-4-17-9-10(2)15-8-11-5-6-13(16-3)12(14)7-11/h5-7,10,15H,4,8-9H2,1-3H3. The van der Waals surface area contributed by atoms with Gasteiger partial charge < -0.3 is 14.8 Å². The minimum atomic E-state index is 0.329. The van der Waals surface area contributed by atoms with Gasteiger partial charge in [0.1, 0.15) is 5.75 Å². The number of hydrogen-bond donors (Lipinski definition) is 1. The van der Waals surface area contributed by atoms with Gasteiger partial charge in [-0.25, -0.2) is 0 Å². The average Bonchev–Trinajstić information content (AvgIpc) is 2.34. The van der Waals surface area contributed by atoms with Crippen molar-refractivity contribution in [3.8, 4) is 5.75 Å². The van der Waals surface area contributed by atoms with E-state index in [-0.39, 0.29) is 0 Å². The van der Waals surface area contributed by atoms with E-state index in [1.54, 1.807) is 7.11 Å². The van der Waals surface area contributed by atoms with E-state index in [1.807, 2.05) is 25.1 Å². The average molecular weight is 258 g/mol. The van der Waals surface area contributed by atoms with Crippen LogP contribution in [0.5, 0.6) is 5.75 Å². The van der Waals surface area contributed by atoms with Gasteiger partial charge in [0, 0.05) is 19.2 Å². The molecule has 1 N–H and O–H groups in total. The van der Waals surface area contributed by atoms with Crippen molar-refractivity contribution >= 4 is 11.6 Å². The van der Waals surface area contributed by atoms with Crippen molar-refractivity contribution in [2.75, 3.05) is 20.3 Å². The molecule has 17 heavy (non-hydrogen) atoms. The summed E-state index contributed by atoms with van der Waals surface area (Å²) in [6.45, 7) is 6.34. The summed E-state index contributed by atoms with van der Waals surface area (Å²) in [4.78, 5) is 0. The van der Waals surface area contributed by atoms with Crippen LogP contribution in [0.4, 0.5) is 0 Å². The van der Waals surface area contributed by atoms with Crippen molar-refractivity contribution in [2.45, 2.75) is 26.4 Å². The molecule has 0 aromatic heterocycles. The van der Waals surface area contributed by atoms with Gasteiger partial charge in [0.15, 0.2) is 0 Å². The van der Waals surface area contributed by atoms with Gasteiger partial charge >= 0.3 is 0 Å². The number of ether oxygens (including phenoxy) is 2. The largest absolute Gasteiger partial charge is 0.495 e. The van der Waals surface area contributed by atoms with E-state index >= 15 is 0 Å². The van der Waals surface area contributed by atoms with Crippen molar-refractivity contribution in [1.29, 1.82) is 0 Å². The number of benzene rings is 1. The summed E-state index contributed by atoms with van der Waals surface area (Å²) < 4.78 is 10.4. The summed E-state index contributed by atoms with van der Waals surface area (Å²) >= 11 is 6.05. The van der Waals surface area contributed by atoms with Crippen molar-refractivity contribution < 1.29 is 9.47 Å². The molecule has 1 rings (SSSR count). The molecule has 0 saturated heterocycles. The quantitative estimate of drug-likeness (QED) is 0.815. The van der Waals surface area contributed by atoms with E-state index in [9.17, 15) is 0 Å². The third-order valence-electron chi connectivity index (χ3n) is 2.44. The normalized spacial score (nSPS) is 12.5. The molecule has 1 aromatic carbocycles. The van der Waals surface area contributed by atoms with E-state index < -0.39 is 0 Å². The Balaban J connectivity index is 2.44. The first-order valence-electron chi connectivity index (χ1n) is 5.81. The first-order chi connectivity index (χ1) is 8.17. The highest BCUT2D eigenvalue weighted by Crippen LogP contribution is 2.24. The SMILES string of the molecule is CCOCC(C)NCc1ccc(OC)c(Cl)c1. The molecule has 3 nitrogen and oxygen atoms in total. The second-order valence-corrected chi connectivity index (χ2v) is 4.32. The van der Waals surface area contributed by atoms with E-state index in [4.69, 9.17) is 21.1 Å². The Kier molecular flexibility index (Phi) is 6.34. The Morgan fingerprint density at radius 1 is 1.41 bits per heavy atom. The first-order valence-corrected chi connectivity index (χ1v) is 6.18. The van der Waals surface area contributed by atoms with Crippen LogP contribution in [0, 0.1) is 0 Å². The van der Waals surface area contributed by atoms with E-state index in [2.05, 4.69) is 12.2 Å². The molecule has 0 radical (unpaired) electrons. The van der Waals surface area contributed by atoms with Crippen LogP contribution in [0.1, 0.15) is 19.4 Å². The van der Waals surface area contributed by atoms with Crippen LogP contribution in [0.25, 0.3) is 0 Å². The lowest BCUT2D eigenvalue weighted by Crippen LogP contribution is -2.30. The van der Waals surface area contributed by atoms with Crippen molar-refractivity contribution in [1.82, 2.24) is 5.32 Å². The monoisotopic (exact) mass is 257 g/mol. The zero-order valence-corrected chi connectivity index (χ0v) is 11.4. The topological polar surface area (TPSA) is 30.5 Å². The zero-order chi connectivity index (χ0) is 12.7. The predicted octanol–water partition coefficient (Wildman–Crippen LogP) is 2.86. The highest BCUT2D eigenvalue weighted by Gasteiger charge is 2.04. The zero-order valence-electron chi connectivity index (χ0n) is 10.6. The fourth-order valence-electron chi connectivity index (χ4n) is 1.47. The van der Waals surface area contributed by atoms with E-state index in [1.165, 1.54) is 0 Å². The van der Waals surface area contributed by atoms with Crippen LogP contribution in [0.15, 0.2) is 18.2 Å². The number of hydrogen-bond acceptors (Lipinski definition) is 3. The van der Waals surface area contributed by atoms with Gasteiger partial charge in [-0.05, 0) is 31.5 Å². The van der Waals surface area contributed by atoms with Crippen LogP contribution >= 0.6 is 11.6 Å². The second-order valence-electron chi connectivity index (χ2n) is 3.91. The summed E-state index contributed by atoms with van der Waals surface area (Å²) in [5, 5.41) is 4.02. The molecule has 0 amide bonds. The summed E-state index contributed by atoms with van der Waals surface area (Å²) in [6, 6.07) is 6.13. The summed E-state index contributed by atoms with van der Waals surface area (Å²) in [6.07, 6.45) is 0. The highest BCUT2D eigenvalue weighted by molar-refractivity contribution is 6.32. The molecule has 0 spiro atoms. The molecule has 0 fully saturated rings. The smallest absolute Gasteiger partial charge is 0.137 e. The maximum atomic E-state index is 6.05. The number of rotatable bonds is 7. The molecule has 0 aliphatic heterocycles. The highest BCUT2D eigenvalue weighted by atomic mass is 35.5. The van der Waals surface area contributed by atoms with E-state index in [0.717, 1.165) is 25.3 Å². The van der Waals surface area contributed by atoms with Gasteiger partial charge in [-0.2, -0.15) is 0 Å². The summed E-state index contributed by atoms with van der Waals surface area (Å²) in [7, 11) is 1.61. The second kappa shape index (κ2) is 7.54. The number of halogens is 1. The van der Waals surface area contributed by atoms with Crippen LogP contribution in [-0.4, -0.2) is 26.4 Å². The molecule has 0 aliphatic rings. The molecule has 96 valence electrons. The Bertz CT molecular complexity index is 344. The van der Waals surface area contributed by atoms with Crippen LogP contribution in [0.3, 0.4) is 0 Å². The minimum absolute atomic E-state index is 0.329. The van der Waals surface area contributed by atoms with Gasteiger partial charge in [-0.3, -0.25) is 0 Å². The molecule has 0 aliphatic carbocycles. The summed E-state index contributed by atoms with van der Waals surface area (Å²) in [5.74, 6) is 0.706. The van der Waals surface area contributed by atoms with Gasteiger partial charge in [-0.1, -0.05) is 17.7 Å². The maximum Gasteiger partial charge on any atom is 0.137 e. The van der Waals surface area contributed by atoms with Gasteiger partial charge in [0.05, 0.1) is 18.7 Å². The fourth-order valence-corrected chi connectivity index (χ4v) is 1.75. The lowest BCUT2D eigenvalue weighted by Gasteiger charge is -2.14. The molecule has 1 unspecified atom stereocenters. The Morgan fingerprint density at radius 3 is 2.76 bits per heavy atom. The molecule has 4 heteroatoms. The van der Waals surface area contributed by atoms with Crippen LogP contribution < -0.4 is 10.1 Å². The van der Waals surface area contributed by atoms with Gasteiger partial charge in [0.2, 0.25) is 0 Å². The van der Waals surface area contributed by atoms with Crippen molar-refractivity contribution in [2.24, 2.45) is 0 Å². The molecule has 1 atom stereocenters. The first kappa shape index (κ1) is 14.3. The summed E-state index contributed by atoms with van der Waals surface area (Å²) in [5.41, 5.74) is 1.14.